The van der Waals surface area contributed by atoms with E-state index in [0.29, 0.717) is 0 Å². The Kier molecular flexibility index (Phi) is 2.06. The number of rotatable bonds is 1. The second kappa shape index (κ2) is 3.73. The van der Waals surface area contributed by atoms with E-state index in [1.54, 1.807) is 0 Å². The smallest absolute Gasteiger partial charge is 0.132 e. The zero-order valence-corrected chi connectivity index (χ0v) is 10.2. The van der Waals surface area contributed by atoms with Gasteiger partial charge in [-0.1, -0.05) is 18.2 Å². The van der Waals surface area contributed by atoms with Crippen LogP contribution in [-0.2, 0) is 12.8 Å². The lowest BCUT2D eigenvalue weighted by atomic mass is 9.98. The topological polar surface area (TPSA) is 33.6 Å². The number of para-hydroxylation sites is 1. The largest absolute Gasteiger partial charge is 0.340 e. The molecule has 3 heteroatoms. The van der Waals surface area contributed by atoms with Crippen molar-refractivity contribution in [1.29, 1.82) is 0 Å². The molecule has 0 bridgehead atoms. The number of aromatic amines is 1. The van der Waals surface area contributed by atoms with Crippen molar-refractivity contribution in [3.63, 3.8) is 0 Å². The maximum Gasteiger partial charge on any atom is 0.132 e. The molecule has 18 heavy (non-hydrogen) atoms. The fourth-order valence-electron chi connectivity index (χ4n) is 2.87. The van der Waals surface area contributed by atoms with E-state index in [2.05, 4.69) is 45.1 Å². The van der Waals surface area contributed by atoms with E-state index in [9.17, 15) is 0 Å². The van der Waals surface area contributed by atoms with Gasteiger partial charge in [-0.25, -0.2) is 4.68 Å². The van der Waals surface area contributed by atoms with Crippen LogP contribution < -0.4 is 0 Å². The molecule has 1 aromatic carbocycles. The number of hydrogen-bond acceptors (Lipinski definition) is 1. The molecule has 0 fully saturated rings. The fourth-order valence-corrected chi connectivity index (χ4v) is 2.87. The number of hydrogen-bond donors (Lipinski definition) is 1. The average Bonchev–Trinajstić information content (AvgIpc) is 3.02. The highest BCUT2D eigenvalue weighted by Gasteiger charge is 2.16. The Bertz CT molecular complexity index is 672. The Balaban J connectivity index is 1.89. The molecule has 3 aromatic rings. The number of H-pyrrole nitrogens is 1. The molecule has 0 amide bonds. The summed E-state index contributed by atoms with van der Waals surface area (Å²) >= 11 is 0. The molecule has 0 unspecified atom stereocenters. The molecule has 0 spiro atoms. The van der Waals surface area contributed by atoms with Gasteiger partial charge in [0.05, 0.1) is 6.20 Å². The quantitative estimate of drug-likeness (QED) is 0.692. The summed E-state index contributed by atoms with van der Waals surface area (Å²) in [5, 5.41) is 5.79. The Labute approximate surface area is 105 Å². The van der Waals surface area contributed by atoms with E-state index < -0.39 is 0 Å². The van der Waals surface area contributed by atoms with Gasteiger partial charge in [0.25, 0.3) is 0 Å². The highest BCUT2D eigenvalue weighted by atomic mass is 15.3. The van der Waals surface area contributed by atoms with Gasteiger partial charge in [-0.15, -0.1) is 0 Å². The minimum atomic E-state index is 1.08. The first-order valence-corrected chi connectivity index (χ1v) is 6.56. The van der Waals surface area contributed by atoms with Gasteiger partial charge in [-0.3, -0.25) is 0 Å². The molecule has 3 nitrogen and oxygen atoms in total. The number of nitrogens with zero attached hydrogens (tertiary/aromatic N) is 2. The predicted molar refractivity (Wildman–Crippen MR) is 72.1 cm³/mol. The molecule has 1 N–H and O–H groups in total. The second-order valence-electron chi connectivity index (χ2n) is 4.98. The van der Waals surface area contributed by atoms with Crippen LogP contribution >= 0.6 is 0 Å². The van der Waals surface area contributed by atoms with Crippen molar-refractivity contribution in [3.05, 3.63) is 47.8 Å². The standard InChI is InChI=1S/C15H15N3/c1-3-7-13-11(5-1)9-15(17-13)18-14-8-4-2-6-12(14)10-16-18/h1,3,5,7,9-10,17H,2,4,6,8H2. The summed E-state index contributed by atoms with van der Waals surface area (Å²) in [6, 6.07) is 10.5. The maximum atomic E-state index is 4.55. The highest BCUT2D eigenvalue weighted by molar-refractivity contribution is 5.82. The molecule has 0 aliphatic heterocycles. The lowest BCUT2D eigenvalue weighted by Gasteiger charge is -2.12. The monoisotopic (exact) mass is 237 g/mol. The van der Waals surface area contributed by atoms with Gasteiger partial charge in [0.2, 0.25) is 0 Å². The molecular weight excluding hydrogens is 222 g/mol. The molecule has 90 valence electrons. The van der Waals surface area contributed by atoms with E-state index in [1.165, 1.54) is 41.4 Å². The van der Waals surface area contributed by atoms with Crippen LogP contribution in [0.4, 0.5) is 0 Å². The van der Waals surface area contributed by atoms with Crippen molar-refractivity contribution >= 4 is 10.9 Å². The van der Waals surface area contributed by atoms with Crippen molar-refractivity contribution in [2.45, 2.75) is 25.7 Å². The Morgan fingerprint density at radius 1 is 1.11 bits per heavy atom. The Hall–Kier alpha value is -2.03. The van der Waals surface area contributed by atoms with Crippen LogP contribution in [0.15, 0.2) is 36.5 Å². The molecule has 2 heterocycles. The molecule has 0 saturated carbocycles. The number of nitrogens with one attached hydrogen (secondary N) is 1. The van der Waals surface area contributed by atoms with E-state index >= 15 is 0 Å². The predicted octanol–water partition coefficient (Wildman–Crippen LogP) is 3.23. The first-order valence-electron chi connectivity index (χ1n) is 6.56. The number of aryl methyl sites for hydroxylation is 1. The van der Waals surface area contributed by atoms with Crippen LogP contribution in [0.2, 0.25) is 0 Å². The number of aromatic nitrogens is 3. The van der Waals surface area contributed by atoms with Gasteiger partial charge in [0, 0.05) is 16.6 Å². The van der Waals surface area contributed by atoms with Crippen LogP contribution in [0.1, 0.15) is 24.1 Å². The zero-order valence-electron chi connectivity index (χ0n) is 10.2. The van der Waals surface area contributed by atoms with Crippen molar-refractivity contribution < 1.29 is 0 Å². The van der Waals surface area contributed by atoms with Crippen molar-refractivity contribution in [2.24, 2.45) is 0 Å². The fraction of sp³-hybridized carbons (Fsp3) is 0.267. The molecular formula is C15H15N3. The van der Waals surface area contributed by atoms with Crippen molar-refractivity contribution in [3.8, 4) is 5.82 Å². The Morgan fingerprint density at radius 2 is 2.00 bits per heavy atom. The van der Waals surface area contributed by atoms with Gasteiger partial charge in [0.1, 0.15) is 5.82 Å². The summed E-state index contributed by atoms with van der Waals surface area (Å²) in [7, 11) is 0. The molecule has 0 saturated heterocycles. The molecule has 1 aliphatic carbocycles. The van der Waals surface area contributed by atoms with Crippen LogP contribution in [0.3, 0.4) is 0 Å². The summed E-state index contributed by atoms with van der Waals surface area (Å²) in [5.41, 5.74) is 3.97. The van der Waals surface area contributed by atoms with E-state index in [4.69, 9.17) is 0 Å². The summed E-state index contributed by atoms with van der Waals surface area (Å²) in [6.07, 6.45) is 6.92. The lowest BCUT2D eigenvalue weighted by Crippen LogP contribution is -2.07. The third-order valence-electron chi connectivity index (χ3n) is 3.81. The van der Waals surface area contributed by atoms with Crippen LogP contribution in [0.5, 0.6) is 0 Å². The van der Waals surface area contributed by atoms with E-state index in [-0.39, 0.29) is 0 Å². The normalized spacial score (nSPS) is 14.9. The highest BCUT2D eigenvalue weighted by Crippen LogP contribution is 2.25. The van der Waals surface area contributed by atoms with Crippen LogP contribution in [0, 0.1) is 0 Å². The summed E-state index contributed by atoms with van der Waals surface area (Å²) < 4.78 is 2.08. The average molecular weight is 237 g/mol. The van der Waals surface area contributed by atoms with Gasteiger partial charge in [-0.05, 0) is 43.4 Å². The lowest BCUT2D eigenvalue weighted by molar-refractivity contribution is 0.650. The van der Waals surface area contributed by atoms with Crippen LogP contribution in [0.25, 0.3) is 16.7 Å². The van der Waals surface area contributed by atoms with Crippen LogP contribution in [-0.4, -0.2) is 14.8 Å². The van der Waals surface area contributed by atoms with Crippen molar-refractivity contribution in [2.75, 3.05) is 0 Å². The number of benzene rings is 1. The third kappa shape index (κ3) is 1.40. The molecule has 0 radical (unpaired) electrons. The van der Waals surface area contributed by atoms with Gasteiger partial charge in [-0.2, -0.15) is 5.10 Å². The van der Waals surface area contributed by atoms with E-state index in [0.717, 1.165) is 12.2 Å². The van der Waals surface area contributed by atoms with Gasteiger partial charge in [0.15, 0.2) is 0 Å². The summed E-state index contributed by atoms with van der Waals surface area (Å²) in [5.74, 6) is 1.08. The molecule has 0 atom stereocenters. The SMILES string of the molecule is c1ccc2[nH]c(-n3ncc4c3CCCC4)cc2c1. The molecule has 4 rings (SSSR count). The van der Waals surface area contributed by atoms with E-state index in [1.807, 2.05) is 6.20 Å². The first kappa shape index (κ1) is 9.95. The summed E-state index contributed by atoms with van der Waals surface area (Å²) in [4.78, 5) is 3.45. The second-order valence-corrected chi connectivity index (χ2v) is 4.98. The van der Waals surface area contributed by atoms with Gasteiger partial charge < -0.3 is 4.98 Å². The van der Waals surface area contributed by atoms with Gasteiger partial charge >= 0.3 is 0 Å². The Morgan fingerprint density at radius 3 is 2.94 bits per heavy atom. The molecule has 2 aromatic heterocycles. The minimum absolute atomic E-state index is 1.08. The molecule has 1 aliphatic rings. The number of fused-ring (bicyclic) bond motifs is 2. The zero-order chi connectivity index (χ0) is 11.9. The maximum absolute atomic E-state index is 4.55. The first-order chi connectivity index (χ1) is 8.92. The third-order valence-corrected chi connectivity index (χ3v) is 3.81. The minimum Gasteiger partial charge on any atom is -0.340 e. The summed E-state index contributed by atoms with van der Waals surface area (Å²) in [6.45, 7) is 0. The van der Waals surface area contributed by atoms with Crippen molar-refractivity contribution in [1.82, 2.24) is 14.8 Å².